The van der Waals surface area contributed by atoms with Gasteiger partial charge in [0.25, 0.3) is 5.89 Å². The van der Waals surface area contributed by atoms with Gasteiger partial charge in [-0.05, 0) is 30.7 Å². The van der Waals surface area contributed by atoms with Crippen LogP contribution in [0.4, 0.5) is 0 Å². The van der Waals surface area contributed by atoms with Crippen molar-refractivity contribution >= 4 is 12.2 Å². The number of aromatic hydroxyl groups is 2. The molecule has 2 N–H and O–H groups in total. The van der Waals surface area contributed by atoms with Gasteiger partial charge >= 0.3 is 0 Å². The van der Waals surface area contributed by atoms with E-state index in [2.05, 4.69) is 10.1 Å². The Hall–Kier alpha value is -2.30. The Balaban J connectivity index is 2.20. The van der Waals surface area contributed by atoms with Crippen LogP contribution in [0.1, 0.15) is 17.3 Å². The van der Waals surface area contributed by atoms with Crippen LogP contribution >= 0.6 is 0 Å². The first-order valence-corrected chi connectivity index (χ1v) is 4.65. The zero-order valence-corrected chi connectivity index (χ0v) is 8.58. The molecule has 0 radical (unpaired) electrons. The molecule has 16 heavy (non-hydrogen) atoms. The molecule has 0 saturated carbocycles. The maximum absolute atomic E-state index is 9.27. The van der Waals surface area contributed by atoms with E-state index in [-0.39, 0.29) is 11.5 Å². The van der Waals surface area contributed by atoms with Crippen LogP contribution in [0.5, 0.6) is 11.5 Å². The Bertz CT molecular complexity index is 532. The first-order valence-electron chi connectivity index (χ1n) is 4.65. The first-order chi connectivity index (χ1) is 7.65. The predicted molar refractivity (Wildman–Crippen MR) is 57.7 cm³/mol. The van der Waals surface area contributed by atoms with Gasteiger partial charge in [-0.3, -0.25) is 0 Å². The highest BCUT2D eigenvalue weighted by molar-refractivity contribution is 5.67. The normalized spacial score (nSPS) is 11.1. The van der Waals surface area contributed by atoms with E-state index in [0.717, 1.165) is 5.56 Å². The van der Waals surface area contributed by atoms with E-state index in [1.165, 1.54) is 12.1 Å². The molecule has 0 aliphatic heterocycles. The van der Waals surface area contributed by atoms with Gasteiger partial charge in [0.1, 0.15) is 0 Å². The van der Waals surface area contributed by atoms with E-state index in [0.29, 0.717) is 11.7 Å². The Morgan fingerprint density at radius 3 is 2.62 bits per heavy atom. The van der Waals surface area contributed by atoms with Crippen LogP contribution in [0.3, 0.4) is 0 Å². The van der Waals surface area contributed by atoms with Crippen LogP contribution < -0.4 is 0 Å². The van der Waals surface area contributed by atoms with Gasteiger partial charge < -0.3 is 14.7 Å². The fourth-order valence-corrected chi connectivity index (χ4v) is 1.19. The summed E-state index contributed by atoms with van der Waals surface area (Å²) in [5, 5.41) is 22.0. The summed E-state index contributed by atoms with van der Waals surface area (Å²) in [6.45, 7) is 1.73. The van der Waals surface area contributed by atoms with Crippen molar-refractivity contribution in [3.8, 4) is 11.5 Å². The van der Waals surface area contributed by atoms with Gasteiger partial charge in [0.15, 0.2) is 17.3 Å². The fraction of sp³-hybridized carbons (Fsp3) is 0.0909. The molecule has 5 nitrogen and oxygen atoms in total. The number of aryl methyl sites for hydroxylation is 1. The Morgan fingerprint density at radius 1 is 1.19 bits per heavy atom. The standard InChI is InChI=1S/C11H10N2O3/c1-7-12-11(16-13-7)5-3-8-2-4-9(14)10(15)6-8/h2-6,14-15H,1H3/b5-3+. The largest absolute Gasteiger partial charge is 0.504 e. The SMILES string of the molecule is Cc1noc(/C=C/c2ccc(O)c(O)c2)n1. The number of hydrogen-bond acceptors (Lipinski definition) is 5. The predicted octanol–water partition coefficient (Wildman–Crippen LogP) is 1.96. The van der Waals surface area contributed by atoms with Gasteiger partial charge in [0.05, 0.1) is 0 Å². The average Bonchev–Trinajstić information content (AvgIpc) is 2.66. The second-order valence-electron chi connectivity index (χ2n) is 3.26. The number of phenolic OH excluding ortho intramolecular Hbond substituents is 2. The second kappa shape index (κ2) is 4.06. The van der Waals surface area contributed by atoms with Crippen molar-refractivity contribution < 1.29 is 14.7 Å². The Kier molecular flexibility index (Phi) is 2.59. The van der Waals surface area contributed by atoms with Crippen molar-refractivity contribution in [2.75, 3.05) is 0 Å². The lowest BCUT2D eigenvalue weighted by molar-refractivity contribution is 0.403. The molecule has 0 aliphatic rings. The zero-order chi connectivity index (χ0) is 11.5. The van der Waals surface area contributed by atoms with Gasteiger partial charge in [-0.1, -0.05) is 11.2 Å². The molecule has 5 heteroatoms. The molecule has 2 aromatic rings. The maximum Gasteiger partial charge on any atom is 0.250 e. The first kappa shape index (κ1) is 10.2. The van der Waals surface area contributed by atoms with Crippen LogP contribution in [0.2, 0.25) is 0 Å². The molecule has 0 amide bonds. The Labute approximate surface area is 91.7 Å². The molecule has 82 valence electrons. The van der Waals surface area contributed by atoms with Crippen molar-refractivity contribution in [1.82, 2.24) is 10.1 Å². The molecule has 1 heterocycles. The maximum atomic E-state index is 9.27. The molecule has 0 bridgehead atoms. The third-order valence-corrected chi connectivity index (χ3v) is 1.96. The van der Waals surface area contributed by atoms with E-state index in [9.17, 15) is 5.11 Å². The highest BCUT2D eigenvalue weighted by Crippen LogP contribution is 2.25. The summed E-state index contributed by atoms with van der Waals surface area (Å²) in [7, 11) is 0. The summed E-state index contributed by atoms with van der Waals surface area (Å²) in [5.74, 6) is 0.646. The minimum Gasteiger partial charge on any atom is -0.504 e. The van der Waals surface area contributed by atoms with Gasteiger partial charge in [0.2, 0.25) is 0 Å². The third kappa shape index (κ3) is 2.20. The van der Waals surface area contributed by atoms with Crippen LogP contribution in [0, 0.1) is 6.92 Å². The van der Waals surface area contributed by atoms with E-state index in [1.54, 1.807) is 25.1 Å². The lowest BCUT2D eigenvalue weighted by Crippen LogP contribution is -1.75. The van der Waals surface area contributed by atoms with E-state index >= 15 is 0 Å². The van der Waals surface area contributed by atoms with Crippen LogP contribution in [0.25, 0.3) is 12.2 Å². The number of benzene rings is 1. The topological polar surface area (TPSA) is 79.4 Å². The summed E-state index contributed by atoms with van der Waals surface area (Å²) < 4.78 is 4.88. The van der Waals surface area contributed by atoms with Gasteiger partial charge in [-0.2, -0.15) is 4.98 Å². The van der Waals surface area contributed by atoms with E-state index in [4.69, 9.17) is 9.63 Å². The molecule has 1 aromatic carbocycles. The quantitative estimate of drug-likeness (QED) is 0.753. The lowest BCUT2D eigenvalue weighted by Gasteiger charge is -1.97. The molecule has 0 spiro atoms. The fourth-order valence-electron chi connectivity index (χ4n) is 1.19. The zero-order valence-electron chi connectivity index (χ0n) is 8.58. The molecule has 2 rings (SSSR count). The highest BCUT2D eigenvalue weighted by Gasteiger charge is 1.99. The van der Waals surface area contributed by atoms with Crippen LogP contribution in [-0.4, -0.2) is 20.4 Å². The molecule has 1 aromatic heterocycles. The lowest BCUT2D eigenvalue weighted by atomic mass is 10.2. The third-order valence-electron chi connectivity index (χ3n) is 1.96. The van der Waals surface area contributed by atoms with E-state index < -0.39 is 0 Å². The number of nitrogens with zero attached hydrogens (tertiary/aromatic N) is 2. The van der Waals surface area contributed by atoms with Crippen molar-refractivity contribution in [2.24, 2.45) is 0 Å². The van der Waals surface area contributed by atoms with Crippen LogP contribution in [-0.2, 0) is 0 Å². The van der Waals surface area contributed by atoms with Crippen LogP contribution in [0.15, 0.2) is 22.7 Å². The number of aromatic nitrogens is 2. The van der Waals surface area contributed by atoms with Crippen molar-refractivity contribution in [2.45, 2.75) is 6.92 Å². The highest BCUT2D eigenvalue weighted by atomic mass is 16.5. The van der Waals surface area contributed by atoms with Gasteiger partial charge in [-0.15, -0.1) is 0 Å². The summed E-state index contributed by atoms with van der Waals surface area (Å²) in [4.78, 5) is 3.99. The minimum absolute atomic E-state index is 0.147. The smallest absolute Gasteiger partial charge is 0.250 e. The average molecular weight is 218 g/mol. The monoisotopic (exact) mass is 218 g/mol. The van der Waals surface area contributed by atoms with Gasteiger partial charge in [0, 0.05) is 6.08 Å². The second-order valence-corrected chi connectivity index (χ2v) is 3.26. The van der Waals surface area contributed by atoms with Gasteiger partial charge in [-0.25, -0.2) is 0 Å². The van der Waals surface area contributed by atoms with Crippen molar-refractivity contribution in [3.05, 3.63) is 35.5 Å². The molecular formula is C11H10N2O3. The summed E-state index contributed by atoms with van der Waals surface area (Å²) in [5.41, 5.74) is 0.728. The minimum atomic E-state index is -0.163. The summed E-state index contributed by atoms with van der Waals surface area (Å²) in [6, 6.07) is 4.51. The summed E-state index contributed by atoms with van der Waals surface area (Å²) in [6.07, 6.45) is 3.33. The number of hydrogen-bond donors (Lipinski definition) is 2. The number of phenols is 2. The molecular weight excluding hydrogens is 208 g/mol. The molecule has 0 saturated heterocycles. The van der Waals surface area contributed by atoms with Crippen molar-refractivity contribution in [3.63, 3.8) is 0 Å². The number of rotatable bonds is 2. The molecule has 0 unspecified atom stereocenters. The Morgan fingerprint density at radius 2 is 2.00 bits per heavy atom. The van der Waals surface area contributed by atoms with E-state index in [1.807, 2.05) is 0 Å². The molecule has 0 fully saturated rings. The summed E-state index contributed by atoms with van der Waals surface area (Å²) >= 11 is 0. The molecule has 0 aliphatic carbocycles. The van der Waals surface area contributed by atoms with Crippen molar-refractivity contribution in [1.29, 1.82) is 0 Å². The molecule has 0 atom stereocenters.